The summed E-state index contributed by atoms with van der Waals surface area (Å²) in [6.07, 6.45) is 4.30. The minimum Gasteiger partial charge on any atom is -0.394 e. The summed E-state index contributed by atoms with van der Waals surface area (Å²) in [5.74, 6) is -0.470. The largest absolute Gasteiger partial charge is 0.394 e. The van der Waals surface area contributed by atoms with Crippen molar-refractivity contribution in [1.82, 2.24) is 20.9 Å². The lowest BCUT2D eigenvalue weighted by atomic mass is 9.95. The Hall–Kier alpha value is -3.68. The van der Waals surface area contributed by atoms with Crippen molar-refractivity contribution in [2.75, 3.05) is 19.7 Å². The number of aliphatic hydroxyl groups excluding tert-OH is 1. The molecule has 0 unspecified atom stereocenters. The lowest BCUT2D eigenvalue weighted by Crippen LogP contribution is -2.53. The number of hydrogen-bond donors (Lipinski definition) is 5. The standard InChI is InChI=1S/C30H34N4O3/c35-19-25(17-24-18-32-27-8-4-3-7-26(24)27)33-30(37)28(34-29(36)22-11-13-31-14-12-22)16-20-9-10-21-5-1-2-6-23(21)15-20/h1-10,15,18,22,25,28,31-32,35H,11-14,16-17,19H2,(H,33,37)(H,34,36)/t25-,28-/m1/s1. The van der Waals surface area contributed by atoms with Gasteiger partial charge in [-0.05, 0) is 60.3 Å². The monoisotopic (exact) mass is 498 g/mol. The van der Waals surface area contributed by atoms with Gasteiger partial charge in [0.15, 0.2) is 0 Å². The second-order valence-electron chi connectivity index (χ2n) is 9.92. The molecule has 1 saturated heterocycles. The van der Waals surface area contributed by atoms with E-state index < -0.39 is 12.1 Å². The second kappa shape index (κ2) is 11.6. The van der Waals surface area contributed by atoms with Gasteiger partial charge in [0.05, 0.1) is 12.6 Å². The van der Waals surface area contributed by atoms with Gasteiger partial charge in [-0.3, -0.25) is 9.59 Å². The fraction of sp³-hybridized carbons (Fsp3) is 0.333. The Morgan fingerprint density at radius 1 is 0.919 bits per heavy atom. The van der Waals surface area contributed by atoms with Crippen LogP contribution in [0.3, 0.4) is 0 Å². The highest BCUT2D eigenvalue weighted by Crippen LogP contribution is 2.20. The van der Waals surface area contributed by atoms with Crippen molar-refractivity contribution in [2.24, 2.45) is 5.92 Å². The minimum absolute atomic E-state index is 0.0837. The first-order chi connectivity index (χ1) is 18.1. The highest BCUT2D eigenvalue weighted by Gasteiger charge is 2.28. The normalized spacial score (nSPS) is 15.9. The van der Waals surface area contributed by atoms with E-state index in [4.69, 9.17) is 0 Å². The molecule has 0 aliphatic carbocycles. The molecule has 1 aliphatic rings. The molecule has 7 nitrogen and oxygen atoms in total. The van der Waals surface area contributed by atoms with Crippen molar-refractivity contribution in [3.05, 3.63) is 84.1 Å². The quantitative estimate of drug-likeness (QED) is 0.245. The summed E-state index contributed by atoms with van der Waals surface area (Å²) in [4.78, 5) is 29.9. The number of rotatable bonds is 9. The molecule has 3 aromatic carbocycles. The highest BCUT2D eigenvalue weighted by atomic mass is 16.3. The number of carbonyl (C=O) groups excluding carboxylic acids is 2. The molecule has 0 spiro atoms. The van der Waals surface area contributed by atoms with Gasteiger partial charge in [0.25, 0.3) is 0 Å². The third-order valence-corrected chi connectivity index (χ3v) is 7.30. The number of amides is 2. The van der Waals surface area contributed by atoms with E-state index in [0.717, 1.165) is 58.7 Å². The van der Waals surface area contributed by atoms with Crippen molar-refractivity contribution in [3.63, 3.8) is 0 Å². The molecule has 4 aromatic rings. The third kappa shape index (κ3) is 6.01. The Morgan fingerprint density at radius 2 is 1.68 bits per heavy atom. The van der Waals surface area contributed by atoms with Crippen molar-refractivity contribution in [2.45, 2.75) is 37.8 Å². The molecule has 0 bridgehead atoms. The van der Waals surface area contributed by atoms with E-state index in [1.807, 2.05) is 60.8 Å². The van der Waals surface area contributed by atoms with E-state index in [1.54, 1.807) is 0 Å². The van der Waals surface area contributed by atoms with Crippen LogP contribution in [-0.2, 0) is 22.4 Å². The fourth-order valence-corrected chi connectivity index (χ4v) is 5.21. The smallest absolute Gasteiger partial charge is 0.243 e. The lowest BCUT2D eigenvalue weighted by Gasteiger charge is -2.26. The maximum atomic E-state index is 13.5. The SMILES string of the molecule is O=C(N[C@H](Cc1ccc2ccccc2c1)C(=O)N[C@@H](CO)Cc1c[nH]c2ccccc12)C1CCNCC1. The van der Waals surface area contributed by atoms with Gasteiger partial charge in [0, 0.05) is 29.4 Å². The van der Waals surface area contributed by atoms with E-state index in [9.17, 15) is 14.7 Å². The molecule has 192 valence electrons. The molecule has 5 rings (SSSR count). The Bertz CT molecular complexity index is 1380. The average Bonchev–Trinajstić information content (AvgIpc) is 3.35. The zero-order valence-corrected chi connectivity index (χ0v) is 20.9. The van der Waals surface area contributed by atoms with Crippen LogP contribution in [0.1, 0.15) is 24.0 Å². The van der Waals surface area contributed by atoms with E-state index >= 15 is 0 Å². The molecule has 2 heterocycles. The zero-order chi connectivity index (χ0) is 25.6. The van der Waals surface area contributed by atoms with Crippen LogP contribution in [0.15, 0.2) is 72.9 Å². The first-order valence-corrected chi connectivity index (χ1v) is 13.1. The average molecular weight is 499 g/mol. The number of H-pyrrole nitrogens is 1. The topological polar surface area (TPSA) is 106 Å². The molecule has 1 aromatic heterocycles. The van der Waals surface area contributed by atoms with Gasteiger partial charge < -0.3 is 26.0 Å². The van der Waals surface area contributed by atoms with Gasteiger partial charge in [-0.2, -0.15) is 0 Å². The van der Waals surface area contributed by atoms with E-state index in [2.05, 4.69) is 33.1 Å². The van der Waals surface area contributed by atoms with E-state index in [0.29, 0.717) is 12.8 Å². The summed E-state index contributed by atoms with van der Waals surface area (Å²) in [5.41, 5.74) is 3.02. The molecule has 7 heteroatoms. The zero-order valence-electron chi connectivity index (χ0n) is 20.9. The molecular weight excluding hydrogens is 464 g/mol. The molecule has 1 fully saturated rings. The van der Waals surface area contributed by atoms with Crippen LogP contribution >= 0.6 is 0 Å². The number of aliphatic hydroxyl groups is 1. The predicted octanol–water partition coefficient (Wildman–Crippen LogP) is 3.07. The van der Waals surface area contributed by atoms with Gasteiger partial charge in [0.2, 0.25) is 11.8 Å². The number of piperidine rings is 1. The van der Waals surface area contributed by atoms with Gasteiger partial charge in [-0.15, -0.1) is 0 Å². The summed E-state index contributed by atoms with van der Waals surface area (Å²) in [5, 5.41) is 22.7. The van der Waals surface area contributed by atoms with Crippen molar-refractivity contribution >= 4 is 33.5 Å². The van der Waals surface area contributed by atoms with Crippen molar-refractivity contribution in [3.8, 4) is 0 Å². The summed E-state index contributed by atoms with van der Waals surface area (Å²) < 4.78 is 0. The van der Waals surface area contributed by atoms with Gasteiger partial charge in [0.1, 0.15) is 6.04 Å². The number of fused-ring (bicyclic) bond motifs is 2. The Morgan fingerprint density at radius 3 is 2.49 bits per heavy atom. The fourth-order valence-electron chi connectivity index (χ4n) is 5.21. The number of hydrogen-bond acceptors (Lipinski definition) is 4. The number of carbonyl (C=O) groups is 2. The van der Waals surface area contributed by atoms with Gasteiger partial charge >= 0.3 is 0 Å². The lowest BCUT2D eigenvalue weighted by molar-refractivity contribution is -0.132. The predicted molar refractivity (Wildman–Crippen MR) is 146 cm³/mol. The van der Waals surface area contributed by atoms with E-state index in [1.165, 1.54) is 0 Å². The van der Waals surface area contributed by atoms with Crippen LogP contribution < -0.4 is 16.0 Å². The summed E-state index contributed by atoms with van der Waals surface area (Å²) >= 11 is 0. The number of nitrogens with one attached hydrogen (secondary N) is 4. The molecule has 0 radical (unpaired) electrons. The number of benzene rings is 3. The van der Waals surface area contributed by atoms with Gasteiger partial charge in [-0.25, -0.2) is 0 Å². The van der Waals surface area contributed by atoms with Crippen molar-refractivity contribution < 1.29 is 14.7 Å². The van der Waals surface area contributed by atoms with Gasteiger partial charge in [-0.1, -0.05) is 60.7 Å². The molecule has 5 N–H and O–H groups in total. The number of aromatic nitrogens is 1. The van der Waals surface area contributed by atoms with Crippen LogP contribution in [0.25, 0.3) is 21.7 Å². The Kier molecular flexibility index (Phi) is 7.82. The summed E-state index contributed by atoms with van der Waals surface area (Å²) in [6, 6.07) is 21.0. The first kappa shape index (κ1) is 25.0. The Labute approximate surface area is 216 Å². The van der Waals surface area contributed by atoms with Crippen LogP contribution in [0.2, 0.25) is 0 Å². The molecule has 2 atom stereocenters. The number of para-hydroxylation sites is 1. The van der Waals surface area contributed by atoms with E-state index in [-0.39, 0.29) is 24.3 Å². The maximum Gasteiger partial charge on any atom is 0.243 e. The molecule has 2 amide bonds. The molecule has 0 saturated carbocycles. The molecular formula is C30H34N4O3. The maximum absolute atomic E-state index is 13.5. The second-order valence-corrected chi connectivity index (χ2v) is 9.92. The Balaban J connectivity index is 1.33. The van der Waals surface area contributed by atoms with Crippen LogP contribution in [0.5, 0.6) is 0 Å². The summed E-state index contributed by atoms with van der Waals surface area (Å²) in [7, 11) is 0. The highest BCUT2D eigenvalue weighted by molar-refractivity contribution is 5.90. The van der Waals surface area contributed by atoms with Crippen LogP contribution in [0, 0.1) is 5.92 Å². The minimum atomic E-state index is -0.736. The number of aromatic amines is 1. The van der Waals surface area contributed by atoms with Crippen LogP contribution in [-0.4, -0.2) is 53.7 Å². The summed E-state index contributed by atoms with van der Waals surface area (Å²) in [6.45, 7) is 1.41. The first-order valence-electron chi connectivity index (χ1n) is 13.1. The third-order valence-electron chi connectivity index (χ3n) is 7.30. The molecule has 37 heavy (non-hydrogen) atoms. The van der Waals surface area contributed by atoms with Crippen LogP contribution in [0.4, 0.5) is 0 Å². The molecule has 1 aliphatic heterocycles. The van der Waals surface area contributed by atoms with Crippen molar-refractivity contribution in [1.29, 1.82) is 0 Å².